The maximum atomic E-state index is 11.8. The number of carbonyl (C=O) groups excluding carboxylic acids is 1. The fourth-order valence-corrected chi connectivity index (χ4v) is 4.68. The van der Waals surface area contributed by atoms with Gasteiger partial charge in [-0.15, -0.1) is 11.3 Å². The van der Waals surface area contributed by atoms with Gasteiger partial charge in [0.1, 0.15) is 5.01 Å². The van der Waals surface area contributed by atoms with Crippen LogP contribution in [0.4, 0.5) is 0 Å². The predicted molar refractivity (Wildman–Crippen MR) is 115 cm³/mol. The summed E-state index contributed by atoms with van der Waals surface area (Å²) in [6.45, 7) is 1.52. The number of aromatic nitrogens is 1. The third kappa shape index (κ3) is 5.10. The number of nitrogens with one attached hydrogen (secondary N) is 2. The number of amides is 1. The molecule has 0 atom stereocenters. The Balaban J connectivity index is 1.53. The second-order valence-electron chi connectivity index (χ2n) is 7.04. The van der Waals surface area contributed by atoms with Crippen LogP contribution in [0.15, 0.2) is 29.3 Å². The van der Waals surface area contributed by atoms with Crippen molar-refractivity contribution in [2.24, 2.45) is 4.99 Å². The lowest BCUT2D eigenvalue weighted by molar-refractivity contribution is 0.0963. The Morgan fingerprint density at radius 2 is 2.14 bits per heavy atom. The molecule has 7 heteroatoms. The fourth-order valence-electron chi connectivity index (χ4n) is 3.47. The van der Waals surface area contributed by atoms with Crippen LogP contribution in [0.5, 0.6) is 0 Å². The zero-order chi connectivity index (χ0) is 19.9. The summed E-state index contributed by atoms with van der Waals surface area (Å²) in [5.74, 6) is 0.798. The van der Waals surface area contributed by atoms with Crippen molar-refractivity contribution in [3.8, 4) is 0 Å². The van der Waals surface area contributed by atoms with Crippen LogP contribution in [-0.4, -0.2) is 49.4 Å². The third-order valence-electron chi connectivity index (χ3n) is 4.95. The average Bonchev–Trinajstić information content (AvgIpc) is 3.13. The molecule has 2 N–H and O–H groups in total. The molecule has 0 saturated carbocycles. The number of nitrogens with zero attached hydrogens (tertiary/aromatic N) is 3. The average molecular weight is 400 g/mol. The van der Waals surface area contributed by atoms with E-state index in [2.05, 4.69) is 20.5 Å². The lowest BCUT2D eigenvalue weighted by Gasteiger charge is -2.21. The van der Waals surface area contributed by atoms with E-state index < -0.39 is 0 Å². The number of guanidine groups is 1. The summed E-state index contributed by atoms with van der Waals surface area (Å²) in [6.07, 6.45) is 5.67. The van der Waals surface area contributed by atoms with Gasteiger partial charge < -0.3 is 15.5 Å². The summed E-state index contributed by atoms with van der Waals surface area (Å²) in [6, 6.07) is 7.73. The molecule has 0 saturated heterocycles. The summed E-state index contributed by atoms with van der Waals surface area (Å²) in [5.41, 5.74) is 3.12. The zero-order valence-electron chi connectivity index (χ0n) is 16.9. The maximum Gasteiger partial charge on any atom is 0.251 e. The lowest BCUT2D eigenvalue weighted by Crippen LogP contribution is -2.39. The quantitative estimate of drug-likeness (QED) is 0.579. The first-order valence-corrected chi connectivity index (χ1v) is 10.6. The van der Waals surface area contributed by atoms with Crippen molar-refractivity contribution in [2.75, 3.05) is 27.7 Å². The number of hydrogen-bond acceptors (Lipinski definition) is 4. The van der Waals surface area contributed by atoms with Crippen molar-refractivity contribution in [3.05, 3.63) is 51.0 Å². The Hall–Kier alpha value is -2.41. The molecule has 0 radical (unpaired) electrons. The normalized spacial score (nSPS) is 13.8. The Labute approximate surface area is 171 Å². The zero-order valence-corrected chi connectivity index (χ0v) is 17.7. The van der Waals surface area contributed by atoms with Gasteiger partial charge in [-0.1, -0.05) is 12.1 Å². The van der Waals surface area contributed by atoms with Crippen molar-refractivity contribution in [3.63, 3.8) is 0 Å². The summed E-state index contributed by atoms with van der Waals surface area (Å²) < 4.78 is 0. The van der Waals surface area contributed by atoms with E-state index in [0.29, 0.717) is 5.56 Å². The second kappa shape index (κ2) is 9.68. The van der Waals surface area contributed by atoms with Crippen molar-refractivity contribution in [1.29, 1.82) is 0 Å². The van der Waals surface area contributed by atoms with E-state index in [1.165, 1.54) is 29.8 Å². The number of fused-ring (bicyclic) bond motifs is 1. The van der Waals surface area contributed by atoms with Gasteiger partial charge in [0.15, 0.2) is 5.96 Å². The van der Waals surface area contributed by atoms with Crippen LogP contribution in [0.2, 0.25) is 0 Å². The van der Waals surface area contributed by atoms with Gasteiger partial charge in [-0.05, 0) is 49.8 Å². The topological polar surface area (TPSA) is 69.6 Å². The SMILES string of the molecule is CN=C(NCCc1cccc(C(=O)NC)c1)N(C)Cc1nc2c(s1)CCCC2. The van der Waals surface area contributed by atoms with Crippen LogP contribution < -0.4 is 10.6 Å². The molecule has 3 rings (SSSR count). The summed E-state index contributed by atoms with van der Waals surface area (Å²) in [7, 11) is 5.50. The maximum absolute atomic E-state index is 11.8. The van der Waals surface area contributed by atoms with E-state index in [0.717, 1.165) is 42.5 Å². The minimum Gasteiger partial charge on any atom is -0.356 e. The number of aryl methyl sites for hydroxylation is 2. The van der Waals surface area contributed by atoms with Crippen LogP contribution in [0.25, 0.3) is 0 Å². The molecule has 1 aliphatic rings. The third-order valence-corrected chi connectivity index (χ3v) is 6.09. The molecule has 0 aliphatic heterocycles. The van der Waals surface area contributed by atoms with E-state index in [1.807, 2.05) is 42.6 Å². The van der Waals surface area contributed by atoms with Crippen LogP contribution in [-0.2, 0) is 25.8 Å². The van der Waals surface area contributed by atoms with Crippen LogP contribution in [0.1, 0.15) is 44.3 Å². The molecule has 1 heterocycles. The van der Waals surface area contributed by atoms with Gasteiger partial charge in [-0.3, -0.25) is 9.79 Å². The molecule has 150 valence electrons. The molecule has 6 nitrogen and oxygen atoms in total. The summed E-state index contributed by atoms with van der Waals surface area (Å²) in [4.78, 5) is 24.6. The fraction of sp³-hybridized carbons (Fsp3) is 0.476. The minimum absolute atomic E-state index is 0.0588. The summed E-state index contributed by atoms with van der Waals surface area (Å²) >= 11 is 1.85. The first-order chi connectivity index (χ1) is 13.6. The van der Waals surface area contributed by atoms with Gasteiger partial charge in [-0.25, -0.2) is 4.98 Å². The van der Waals surface area contributed by atoms with Gasteiger partial charge in [0.05, 0.1) is 12.2 Å². The first-order valence-electron chi connectivity index (χ1n) is 9.81. The van der Waals surface area contributed by atoms with Gasteiger partial charge in [0, 0.05) is 38.1 Å². The molecule has 1 aromatic carbocycles. The van der Waals surface area contributed by atoms with E-state index in [9.17, 15) is 4.79 Å². The molecule has 1 aliphatic carbocycles. The number of thiazole rings is 1. The van der Waals surface area contributed by atoms with Crippen LogP contribution in [0.3, 0.4) is 0 Å². The number of carbonyl (C=O) groups is 1. The highest BCUT2D eigenvalue weighted by Crippen LogP contribution is 2.27. The molecule has 0 unspecified atom stereocenters. The van der Waals surface area contributed by atoms with E-state index in [1.54, 1.807) is 14.1 Å². The van der Waals surface area contributed by atoms with Crippen molar-refractivity contribution >= 4 is 23.2 Å². The molecule has 0 bridgehead atoms. The standard InChI is InChI=1S/C21H29N5OS/c1-22-20(27)16-8-6-7-15(13-16)11-12-24-21(23-2)26(3)14-19-25-17-9-4-5-10-18(17)28-19/h6-8,13H,4-5,9-12,14H2,1-3H3,(H,22,27)(H,23,24). The van der Waals surface area contributed by atoms with E-state index in [-0.39, 0.29) is 5.91 Å². The second-order valence-corrected chi connectivity index (χ2v) is 8.21. The Bertz CT molecular complexity index is 822. The molecule has 2 aromatic rings. The van der Waals surface area contributed by atoms with Gasteiger partial charge in [0.2, 0.25) is 0 Å². The van der Waals surface area contributed by atoms with Crippen molar-refractivity contribution in [2.45, 2.75) is 38.6 Å². The highest BCUT2D eigenvalue weighted by atomic mass is 32.1. The van der Waals surface area contributed by atoms with Gasteiger partial charge in [-0.2, -0.15) is 0 Å². The minimum atomic E-state index is -0.0588. The largest absolute Gasteiger partial charge is 0.356 e. The number of hydrogen-bond donors (Lipinski definition) is 2. The Morgan fingerprint density at radius 3 is 2.89 bits per heavy atom. The lowest BCUT2D eigenvalue weighted by atomic mass is 10.0. The van der Waals surface area contributed by atoms with Crippen molar-refractivity contribution in [1.82, 2.24) is 20.5 Å². The molecular formula is C21H29N5OS. The smallest absolute Gasteiger partial charge is 0.251 e. The summed E-state index contributed by atoms with van der Waals surface area (Å²) in [5, 5.41) is 7.24. The first kappa shape index (κ1) is 20.3. The number of rotatable bonds is 6. The Kier molecular flexibility index (Phi) is 7.03. The van der Waals surface area contributed by atoms with Crippen LogP contribution >= 0.6 is 11.3 Å². The molecule has 0 spiro atoms. The molecule has 1 aromatic heterocycles. The van der Waals surface area contributed by atoms with Gasteiger partial charge in [0.25, 0.3) is 5.91 Å². The Morgan fingerprint density at radius 1 is 1.32 bits per heavy atom. The molecule has 0 fully saturated rings. The highest BCUT2D eigenvalue weighted by Gasteiger charge is 2.16. The van der Waals surface area contributed by atoms with Crippen LogP contribution in [0, 0.1) is 0 Å². The molecule has 28 heavy (non-hydrogen) atoms. The molecule has 1 amide bonds. The number of benzene rings is 1. The van der Waals surface area contributed by atoms with Gasteiger partial charge >= 0.3 is 0 Å². The monoisotopic (exact) mass is 399 g/mol. The number of aliphatic imine (C=N–C) groups is 1. The molecular weight excluding hydrogens is 370 g/mol. The highest BCUT2D eigenvalue weighted by molar-refractivity contribution is 7.11. The van der Waals surface area contributed by atoms with E-state index in [4.69, 9.17) is 4.98 Å². The van der Waals surface area contributed by atoms with E-state index >= 15 is 0 Å². The van der Waals surface area contributed by atoms with Crippen molar-refractivity contribution < 1.29 is 4.79 Å². The predicted octanol–water partition coefficient (Wildman–Crippen LogP) is 2.63.